The maximum Gasteiger partial charge on any atom is 0.264 e. The number of aromatic amines is 2. The van der Waals surface area contributed by atoms with E-state index in [1.165, 1.54) is 6.07 Å². The van der Waals surface area contributed by atoms with Crippen LogP contribution in [0.25, 0.3) is 33.5 Å². The fourth-order valence-corrected chi connectivity index (χ4v) is 3.09. The van der Waals surface area contributed by atoms with Crippen LogP contribution in [-0.2, 0) is 0 Å². The van der Waals surface area contributed by atoms with Gasteiger partial charge in [-0.05, 0) is 19.9 Å². The number of rotatable bonds is 3. The van der Waals surface area contributed by atoms with Crippen molar-refractivity contribution in [1.82, 2.24) is 25.4 Å². The van der Waals surface area contributed by atoms with Crippen molar-refractivity contribution in [2.75, 3.05) is 0 Å². The van der Waals surface area contributed by atoms with Crippen LogP contribution in [0.3, 0.4) is 0 Å². The quantitative estimate of drug-likeness (QED) is 0.574. The van der Waals surface area contributed by atoms with Gasteiger partial charge in [0.15, 0.2) is 5.65 Å². The van der Waals surface area contributed by atoms with Crippen molar-refractivity contribution in [1.29, 1.82) is 0 Å². The molecular weight excluding hydrogens is 324 g/mol. The molecule has 7 heteroatoms. The number of hydrogen-bond acceptors (Lipinski definition) is 3. The van der Waals surface area contributed by atoms with Gasteiger partial charge in [0.2, 0.25) is 0 Å². The van der Waals surface area contributed by atoms with Gasteiger partial charge in [-0.1, -0.05) is 30.3 Å². The number of fused-ring (bicyclic) bond motifs is 1. The highest BCUT2D eigenvalue weighted by Crippen LogP contribution is 2.36. The summed E-state index contributed by atoms with van der Waals surface area (Å²) in [5.74, 6) is 0. The molecule has 0 aliphatic heterocycles. The molecule has 126 valence electrons. The Kier molecular flexibility index (Phi) is 3.56. The molecule has 0 spiro atoms. The van der Waals surface area contributed by atoms with Gasteiger partial charge in [-0.2, -0.15) is 10.2 Å². The molecule has 25 heavy (non-hydrogen) atoms. The second-order valence-electron chi connectivity index (χ2n) is 5.87. The minimum atomic E-state index is -2.64. The molecule has 0 saturated carbocycles. The summed E-state index contributed by atoms with van der Waals surface area (Å²) in [4.78, 5) is 4.49. The molecule has 0 amide bonds. The number of nitrogens with one attached hydrogen (secondary N) is 2. The zero-order valence-corrected chi connectivity index (χ0v) is 13.6. The monoisotopic (exact) mass is 339 g/mol. The topological polar surface area (TPSA) is 70.2 Å². The molecule has 0 bridgehead atoms. The van der Waals surface area contributed by atoms with Gasteiger partial charge in [0.25, 0.3) is 6.43 Å². The molecule has 3 aromatic heterocycles. The van der Waals surface area contributed by atoms with Crippen molar-refractivity contribution in [2.24, 2.45) is 0 Å². The molecule has 1 aromatic carbocycles. The Balaban J connectivity index is 2.00. The van der Waals surface area contributed by atoms with Gasteiger partial charge in [-0.3, -0.25) is 10.2 Å². The van der Waals surface area contributed by atoms with Crippen LogP contribution in [0.4, 0.5) is 8.78 Å². The number of hydrogen-bond donors (Lipinski definition) is 2. The van der Waals surface area contributed by atoms with Crippen LogP contribution in [0.5, 0.6) is 0 Å². The number of aromatic nitrogens is 5. The first-order valence-corrected chi connectivity index (χ1v) is 7.80. The molecule has 0 aliphatic rings. The van der Waals surface area contributed by atoms with Crippen LogP contribution < -0.4 is 0 Å². The fourth-order valence-electron chi connectivity index (χ4n) is 3.09. The molecule has 2 N–H and O–H groups in total. The summed E-state index contributed by atoms with van der Waals surface area (Å²) < 4.78 is 27.6. The lowest BCUT2D eigenvalue weighted by Crippen LogP contribution is -1.94. The van der Waals surface area contributed by atoms with Gasteiger partial charge in [0, 0.05) is 22.4 Å². The average Bonchev–Trinajstić information content (AvgIpc) is 3.18. The second kappa shape index (κ2) is 5.77. The number of benzene rings is 1. The van der Waals surface area contributed by atoms with E-state index in [9.17, 15) is 8.78 Å². The molecule has 0 saturated heterocycles. The zero-order valence-electron chi connectivity index (χ0n) is 13.6. The Labute approximate surface area is 142 Å². The number of halogens is 2. The molecule has 0 unspecified atom stereocenters. The first kappa shape index (κ1) is 15.4. The number of alkyl halides is 2. The van der Waals surface area contributed by atoms with E-state index in [1.807, 2.05) is 44.2 Å². The summed E-state index contributed by atoms with van der Waals surface area (Å²) in [5, 5.41) is 14.4. The third-order valence-electron chi connectivity index (χ3n) is 4.24. The number of aryl methyl sites for hydroxylation is 2. The van der Waals surface area contributed by atoms with Gasteiger partial charge in [-0.25, -0.2) is 13.8 Å². The molecule has 0 radical (unpaired) electrons. The van der Waals surface area contributed by atoms with Crippen molar-refractivity contribution in [2.45, 2.75) is 20.3 Å². The zero-order chi connectivity index (χ0) is 17.6. The Morgan fingerprint density at radius 3 is 2.40 bits per heavy atom. The number of H-pyrrole nitrogens is 2. The lowest BCUT2D eigenvalue weighted by atomic mass is 10.0. The smallest absolute Gasteiger partial charge is 0.264 e. The highest BCUT2D eigenvalue weighted by Gasteiger charge is 2.22. The largest absolute Gasteiger partial charge is 0.282 e. The standard InChI is InChI=1S/C18H15F2N5/c1-9-14(10(2)23-22-9)13-8-12(17(19)20)15-16(24-25-18(15)21-13)11-6-4-3-5-7-11/h3-8,17H,1-2H3,(H,22,23)(H,21,24,25). The van der Waals surface area contributed by atoms with Gasteiger partial charge in [0.1, 0.15) is 0 Å². The minimum absolute atomic E-state index is 0.0902. The van der Waals surface area contributed by atoms with E-state index in [1.54, 1.807) is 0 Å². The van der Waals surface area contributed by atoms with E-state index in [4.69, 9.17) is 0 Å². The third-order valence-corrected chi connectivity index (χ3v) is 4.24. The van der Waals surface area contributed by atoms with E-state index in [2.05, 4.69) is 25.4 Å². The Hall–Kier alpha value is -3.09. The second-order valence-corrected chi connectivity index (χ2v) is 5.87. The maximum atomic E-state index is 13.8. The fraction of sp³-hybridized carbons (Fsp3) is 0.167. The lowest BCUT2D eigenvalue weighted by Gasteiger charge is -2.08. The Bertz CT molecular complexity index is 1030. The Morgan fingerprint density at radius 2 is 1.76 bits per heavy atom. The predicted molar refractivity (Wildman–Crippen MR) is 91.3 cm³/mol. The lowest BCUT2D eigenvalue weighted by molar-refractivity contribution is 0.153. The summed E-state index contributed by atoms with van der Waals surface area (Å²) in [5.41, 5.74) is 4.18. The summed E-state index contributed by atoms with van der Waals surface area (Å²) >= 11 is 0. The summed E-state index contributed by atoms with van der Waals surface area (Å²) in [7, 11) is 0. The van der Waals surface area contributed by atoms with Crippen molar-refractivity contribution < 1.29 is 8.78 Å². The maximum absolute atomic E-state index is 13.8. The van der Waals surface area contributed by atoms with Crippen molar-refractivity contribution in [3.63, 3.8) is 0 Å². The Morgan fingerprint density at radius 1 is 1.00 bits per heavy atom. The molecule has 5 nitrogen and oxygen atoms in total. The number of nitrogens with zero attached hydrogens (tertiary/aromatic N) is 3. The van der Waals surface area contributed by atoms with Gasteiger partial charge in [-0.15, -0.1) is 0 Å². The molecule has 0 fully saturated rings. The molecule has 3 heterocycles. The van der Waals surface area contributed by atoms with Crippen LogP contribution in [0.2, 0.25) is 0 Å². The van der Waals surface area contributed by atoms with Crippen LogP contribution in [-0.4, -0.2) is 25.4 Å². The van der Waals surface area contributed by atoms with Gasteiger partial charge >= 0.3 is 0 Å². The molecule has 4 rings (SSSR count). The van der Waals surface area contributed by atoms with Crippen LogP contribution in [0, 0.1) is 13.8 Å². The predicted octanol–water partition coefficient (Wildman–Crippen LogP) is 4.57. The highest BCUT2D eigenvalue weighted by molar-refractivity contribution is 5.95. The first-order chi connectivity index (χ1) is 12.1. The summed E-state index contributed by atoms with van der Waals surface area (Å²) in [6, 6.07) is 10.7. The van der Waals surface area contributed by atoms with Gasteiger partial charge < -0.3 is 0 Å². The number of pyridine rings is 1. The van der Waals surface area contributed by atoms with E-state index in [0.717, 1.165) is 16.8 Å². The summed E-state index contributed by atoms with van der Waals surface area (Å²) in [6.45, 7) is 3.65. The van der Waals surface area contributed by atoms with Crippen LogP contribution in [0.1, 0.15) is 23.4 Å². The minimum Gasteiger partial charge on any atom is -0.282 e. The first-order valence-electron chi connectivity index (χ1n) is 7.80. The molecular formula is C18H15F2N5. The highest BCUT2D eigenvalue weighted by atomic mass is 19.3. The van der Waals surface area contributed by atoms with Crippen LogP contribution in [0.15, 0.2) is 36.4 Å². The van der Waals surface area contributed by atoms with Crippen molar-refractivity contribution >= 4 is 11.0 Å². The third kappa shape index (κ3) is 2.48. The van der Waals surface area contributed by atoms with E-state index in [-0.39, 0.29) is 11.2 Å². The van der Waals surface area contributed by atoms with Crippen molar-refractivity contribution in [3.8, 4) is 22.5 Å². The van der Waals surface area contributed by atoms with E-state index >= 15 is 0 Å². The molecule has 0 aliphatic carbocycles. The van der Waals surface area contributed by atoms with E-state index < -0.39 is 6.43 Å². The summed E-state index contributed by atoms with van der Waals surface area (Å²) in [6.07, 6.45) is -2.64. The molecule has 0 atom stereocenters. The molecule has 4 aromatic rings. The van der Waals surface area contributed by atoms with Crippen LogP contribution >= 0.6 is 0 Å². The average molecular weight is 339 g/mol. The van der Waals surface area contributed by atoms with Gasteiger partial charge in [0.05, 0.1) is 22.5 Å². The SMILES string of the molecule is Cc1n[nH]c(C)c1-c1cc(C(F)F)c2c(-c3ccccc3)[nH]nc2n1. The normalized spacial score (nSPS) is 11.6. The van der Waals surface area contributed by atoms with E-state index in [0.29, 0.717) is 22.5 Å². The van der Waals surface area contributed by atoms with Crippen molar-refractivity contribution in [3.05, 3.63) is 53.3 Å².